The summed E-state index contributed by atoms with van der Waals surface area (Å²) in [5, 5.41) is 20.8. The van der Waals surface area contributed by atoms with Crippen molar-refractivity contribution in [1.29, 1.82) is 0 Å². The van der Waals surface area contributed by atoms with E-state index in [1.54, 1.807) is 4.90 Å². The molecule has 0 bridgehead atoms. The quantitative estimate of drug-likeness (QED) is 0.642. The number of carboxylic acids is 1. The zero-order chi connectivity index (χ0) is 14.3. The van der Waals surface area contributed by atoms with Crippen LogP contribution in [0.2, 0.25) is 0 Å². The molecule has 6 nitrogen and oxygen atoms in total. The third kappa shape index (κ3) is 4.70. The number of amides is 2. The number of hydrogen-bond acceptors (Lipinski definition) is 3. The molecule has 0 aromatic heterocycles. The Balaban J connectivity index is 2.41. The highest BCUT2D eigenvalue weighted by Crippen LogP contribution is 2.31. The van der Waals surface area contributed by atoms with Gasteiger partial charge in [0, 0.05) is 19.6 Å². The highest BCUT2D eigenvalue weighted by atomic mass is 16.4. The summed E-state index contributed by atoms with van der Waals surface area (Å²) >= 11 is 0. The van der Waals surface area contributed by atoms with Gasteiger partial charge in [-0.05, 0) is 25.2 Å². The van der Waals surface area contributed by atoms with Crippen LogP contribution in [0.25, 0.3) is 0 Å². The van der Waals surface area contributed by atoms with E-state index in [1.807, 2.05) is 6.92 Å². The molecule has 19 heavy (non-hydrogen) atoms. The molecule has 110 valence electrons. The van der Waals surface area contributed by atoms with Crippen molar-refractivity contribution in [3.05, 3.63) is 0 Å². The van der Waals surface area contributed by atoms with E-state index >= 15 is 0 Å². The summed E-state index contributed by atoms with van der Waals surface area (Å²) < 4.78 is 0. The standard InChI is InChI=1S/C13H24N2O4/c1-2-6-15(7-8-16)13(19)14-9-10-4-3-5-11(10)12(17)18/h10-11,16H,2-9H2,1H3,(H,14,19)(H,17,18). The molecule has 0 saturated heterocycles. The van der Waals surface area contributed by atoms with Crippen molar-refractivity contribution in [2.75, 3.05) is 26.2 Å². The fourth-order valence-electron chi connectivity index (χ4n) is 2.64. The maximum Gasteiger partial charge on any atom is 0.317 e. The largest absolute Gasteiger partial charge is 0.481 e. The topological polar surface area (TPSA) is 89.9 Å². The zero-order valence-corrected chi connectivity index (χ0v) is 11.5. The van der Waals surface area contributed by atoms with Crippen molar-refractivity contribution in [1.82, 2.24) is 10.2 Å². The van der Waals surface area contributed by atoms with Crippen LogP contribution in [0, 0.1) is 11.8 Å². The van der Waals surface area contributed by atoms with Gasteiger partial charge in [0.2, 0.25) is 0 Å². The molecule has 1 rings (SSSR count). The van der Waals surface area contributed by atoms with Crippen LogP contribution in [0.3, 0.4) is 0 Å². The molecule has 0 aliphatic heterocycles. The van der Waals surface area contributed by atoms with Crippen molar-refractivity contribution in [3.63, 3.8) is 0 Å². The Morgan fingerprint density at radius 1 is 1.32 bits per heavy atom. The van der Waals surface area contributed by atoms with Crippen molar-refractivity contribution in [2.24, 2.45) is 11.8 Å². The molecule has 0 heterocycles. The number of rotatable bonds is 7. The summed E-state index contributed by atoms with van der Waals surface area (Å²) in [6.07, 6.45) is 3.29. The minimum atomic E-state index is -0.766. The summed E-state index contributed by atoms with van der Waals surface area (Å²) in [6.45, 7) is 3.22. The number of aliphatic hydroxyl groups is 1. The number of nitrogens with one attached hydrogen (secondary N) is 1. The molecule has 1 fully saturated rings. The summed E-state index contributed by atoms with van der Waals surface area (Å²) in [7, 11) is 0. The van der Waals surface area contributed by atoms with Gasteiger partial charge >= 0.3 is 12.0 Å². The lowest BCUT2D eigenvalue weighted by atomic mass is 9.96. The Kier molecular flexibility index (Phi) is 6.62. The first-order valence-corrected chi connectivity index (χ1v) is 6.96. The predicted molar refractivity (Wildman–Crippen MR) is 70.8 cm³/mol. The van der Waals surface area contributed by atoms with Crippen LogP contribution in [0.5, 0.6) is 0 Å². The van der Waals surface area contributed by atoms with Crippen LogP contribution < -0.4 is 5.32 Å². The van der Waals surface area contributed by atoms with Gasteiger partial charge in [0.1, 0.15) is 0 Å². The Morgan fingerprint density at radius 3 is 2.63 bits per heavy atom. The van der Waals surface area contributed by atoms with Crippen molar-refractivity contribution in [2.45, 2.75) is 32.6 Å². The second-order valence-electron chi connectivity index (χ2n) is 5.03. The van der Waals surface area contributed by atoms with Gasteiger partial charge in [-0.1, -0.05) is 13.3 Å². The molecule has 6 heteroatoms. The number of aliphatic carboxylic acids is 1. The number of nitrogens with zero attached hydrogens (tertiary/aromatic N) is 1. The molecule has 3 N–H and O–H groups in total. The third-order valence-electron chi connectivity index (χ3n) is 3.64. The van der Waals surface area contributed by atoms with E-state index in [2.05, 4.69) is 5.32 Å². The first kappa shape index (κ1) is 15.8. The van der Waals surface area contributed by atoms with Gasteiger partial charge in [-0.25, -0.2) is 4.79 Å². The van der Waals surface area contributed by atoms with Gasteiger partial charge in [-0.2, -0.15) is 0 Å². The molecule has 0 aromatic rings. The molecule has 0 spiro atoms. The van der Waals surface area contributed by atoms with E-state index in [-0.39, 0.29) is 24.5 Å². The van der Waals surface area contributed by atoms with Gasteiger partial charge in [0.05, 0.1) is 12.5 Å². The molecule has 1 saturated carbocycles. The second-order valence-corrected chi connectivity index (χ2v) is 5.03. The summed E-state index contributed by atoms with van der Waals surface area (Å²) in [4.78, 5) is 24.5. The number of carboxylic acid groups (broad SMARTS) is 1. The maximum absolute atomic E-state index is 11.9. The monoisotopic (exact) mass is 272 g/mol. The summed E-state index contributed by atoms with van der Waals surface area (Å²) in [5.41, 5.74) is 0. The van der Waals surface area contributed by atoms with Gasteiger partial charge in [0.15, 0.2) is 0 Å². The van der Waals surface area contributed by atoms with E-state index in [4.69, 9.17) is 10.2 Å². The van der Waals surface area contributed by atoms with Crippen molar-refractivity contribution >= 4 is 12.0 Å². The molecular formula is C13H24N2O4. The second kappa shape index (κ2) is 7.99. The number of carbonyl (C=O) groups excluding carboxylic acids is 1. The third-order valence-corrected chi connectivity index (χ3v) is 3.64. The average molecular weight is 272 g/mol. The Hall–Kier alpha value is -1.30. The van der Waals surface area contributed by atoms with Crippen molar-refractivity contribution in [3.8, 4) is 0 Å². The smallest absolute Gasteiger partial charge is 0.317 e. The van der Waals surface area contributed by atoms with Gasteiger partial charge in [0.25, 0.3) is 0 Å². The highest BCUT2D eigenvalue weighted by molar-refractivity contribution is 5.74. The van der Waals surface area contributed by atoms with E-state index in [0.29, 0.717) is 26.1 Å². The lowest BCUT2D eigenvalue weighted by molar-refractivity contribution is -0.142. The average Bonchev–Trinajstić information content (AvgIpc) is 2.84. The van der Waals surface area contributed by atoms with Gasteiger partial charge in [-0.3, -0.25) is 4.79 Å². The lowest BCUT2D eigenvalue weighted by Crippen LogP contribution is -2.44. The molecular weight excluding hydrogens is 248 g/mol. The summed E-state index contributed by atoms with van der Waals surface area (Å²) in [5.74, 6) is -1.07. The van der Waals surface area contributed by atoms with Crippen LogP contribution in [-0.4, -0.2) is 53.4 Å². The van der Waals surface area contributed by atoms with Crippen LogP contribution in [-0.2, 0) is 4.79 Å². The molecule has 1 aliphatic carbocycles. The van der Waals surface area contributed by atoms with Crippen molar-refractivity contribution < 1.29 is 19.8 Å². The number of urea groups is 1. The number of hydrogen-bond donors (Lipinski definition) is 3. The Bertz CT molecular complexity index is 303. The minimum absolute atomic E-state index is 0.0269. The normalized spacial score (nSPS) is 22.2. The van der Waals surface area contributed by atoms with Crippen LogP contribution in [0.1, 0.15) is 32.6 Å². The molecule has 2 unspecified atom stereocenters. The van der Waals surface area contributed by atoms with E-state index < -0.39 is 5.97 Å². The zero-order valence-electron chi connectivity index (χ0n) is 11.5. The molecule has 2 amide bonds. The fraction of sp³-hybridized carbons (Fsp3) is 0.846. The van der Waals surface area contributed by atoms with E-state index in [0.717, 1.165) is 19.3 Å². The Morgan fingerprint density at radius 2 is 2.05 bits per heavy atom. The minimum Gasteiger partial charge on any atom is -0.481 e. The van der Waals surface area contributed by atoms with Gasteiger partial charge in [-0.15, -0.1) is 0 Å². The highest BCUT2D eigenvalue weighted by Gasteiger charge is 2.33. The Labute approximate surface area is 113 Å². The SMILES string of the molecule is CCCN(CCO)C(=O)NCC1CCCC1C(=O)O. The molecule has 0 aromatic carbocycles. The summed E-state index contributed by atoms with van der Waals surface area (Å²) in [6, 6.07) is -0.216. The van der Waals surface area contributed by atoms with E-state index in [1.165, 1.54) is 0 Å². The molecule has 1 aliphatic rings. The van der Waals surface area contributed by atoms with Crippen LogP contribution in [0.4, 0.5) is 4.79 Å². The first-order valence-electron chi connectivity index (χ1n) is 6.96. The van der Waals surface area contributed by atoms with Crippen LogP contribution >= 0.6 is 0 Å². The number of carbonyl (C=O) groups is 2. The molecule has 0 radical (unpaired) electrons. The molecule has 2 atom stereocenters. The number of aliphatic hydroxyl groups excluding tert-OH is 1. The van der Waals surface area contributed by atoms with Gasteiger partial charge < -0.3 is 20.4 Å². The maximum atomic E-state index is 11.9. The van der Waals surface area contributed by atoms with E-state index in [9.17, 15) is 9.59 Å². The fourth-order valence-corrected chi connectivity index (χ4v) is 2.64. The van der Waals surface area contributed by atoms with Crippen LogP contribution in [0.15, 0.2) is 0 Å². The lowest BCUT2D eigenvalue weighted by Gasteiger charge is -2.23. The predicted octanol–water partition coefficient (Wildman–Crippen LogP) is 0.901. The first-order chi connectivity index (χ1) is 9.10.